The van der Waals surface area contributed by atoms with Gasteiger partial charge in [-0.2, -0.15) is 0 Å². The molecule has 1 aromatic rings. The van der Waals surface area contributed by atoms with Crippen molar-refractivity contribution in [2.75, 3.05) is 26.0 Å². The number of fused-ring (bicyclic) bond motifs is 1. The predicted molar refractivity (Wildman–Crippen MR) is 73.4 cm³/mol. The number of nitrogens with zero attached hydrogens (tertiary/aromatic N) is 1. The van der Waals surface area contributed by atoms with E-state index in [1.165, 1.54) is 24.0 Å². The van der Waals surface area contributed by atoms with Gasteiger partial charge < -0.3 is 10.5 Å². The quantitative estimate of drug-likeness (QED) is 0.826. The van der Waals surface area contributed by atoms with Gasteiger partial charge in [0.2, 0.25) is 0 Å². The summed E-state index contributed by atoms with van der Waals surface area (Å²) in [5, 5.41) is 0. The maximum atomic E-state index is 6.05. The Morgan fingerprint density at radius 1 is 1.44 bits per heavy atom. The first-order valence-corrected chi connectivity index (χ1v) is 6.89. The topological polar surface area (TPSA) is 38.5 Å². The van der Waals surface area contributed by atoms with Gasteiger partial charge in [-0.25, -0.2) is 0 Å². The molecule has 0 radical (unpaired) electrons. The van der Waals surface area contributed by atoms with Crippen LogP contribution < -0.4 is 5.73 Å². The minimum Gasteiger partial charge on any atom is -0.398 e. The van der Waals surface area contributed by atoms with Crippen molar-refractivity contribution in [3.05, 3.63) is 29.3 Å². The molecular weight excluding hydrogens is 224 g/mol. The van der Waals surface area contributed by atoms with E-state index in [-0.39, 0.29) is 0 Å². The molecule has 3 nitrogen and oxygen atoms in total. The minimum atomic E-state index is 0.601. The number of rotatable bonds is 4. The lowest BCUT2D eigenvalue weighted by Gasteiger charge is -2.36. The molecule has 2 N–H and O–H groups in total. The van der Waals surface area contributed by atoms with Crippen LogP contribution in [-0.4, -0.2) is 31.2 Å². The molecule has 2 aliphatic rings. The van der Waals surface area contributed by atoms with Crippen molar-refractivity contribution in [1.29, 1.82) is 0 Å². The van der Waals surface area contributed by atoms with Crippen LogP contribution >= 0.6 is 0 Å². The van der Waals surface area contributed by atoms with Crippen molar-refractivity contribution in [2.45, 2.75) is 31.8 Å². The van der Waals surface area contributed by atoms with Gasteiger partial charge in [-0.05, 0) is 42.4 Å². The van der Waals surface area contributed by atoms with Crippen LogP contribution in [-0.2, 0) is 17.7 Å². The second-order valence-electron chi connectivity index (χ2n) is 5.57. The second kappa shape index (κ2) is 4.90. The molecule has 0 spiro atoms. The Morgan fingerprint density at radius 2 is 2.28 bits per heavy atom. The molecule has 1 aromatic carbocycles. The third-order valence-corrected chi connectivity index (χ3v) is 4.30. The normalized spacial score (nSPS) is 21.6. The summed E-state index contributed by atoms with van der Waals surface area (Å²) in [5.41, 5.74) is 9.78. The predicted octanol–water partition coefficient (Wildman–Crippen LogP) is 2.05. The molecule has 1 atom stereocenters. The molecule has 1 fully saturated rings. The Labute approximate surface area is 109 Å². The SMILES string of the molecule is COCC(C1CC1)N1CCc2c(N)cccc2C1. The molecule has 0 amide bonds. The van der Waals surface area contributed by atoms with E-state index in [4.69, 9.17) is 10.5 Å². The standard InChI is InChI=1S/C15H22N2O/c1-18-10-15(11-5-6-11)17-8-7-13-12(9-17)3-2-4-14(13)16/h2-4,11,15H,5-10,16H2,1H3. The van der Waals surface area contributed by atoms with Gasteiger partial charge in [-0.1, -0.05) is 12.1 Å². The van der Waals surface area contributed by atoms with Crippen molar-refractivity contribution >= 4 is 5.69 Å². The van der Waals surface area contributed by atoms with Crippen LogP contribution in [0.5, 0.6) is 0 Å². The van der Waals surface area contributed by atoms with E-state index in [1.807, 2.05) is 13.2 Å². The van der Waals surface area contributed by atoms with E-state index >= 15 is 0 Å². The van der Waals surface area contributed by atoms with E-state index < -0.39 is 0 Å². The average Bonchev–Trinajstić information content (AvgIpc) is 3.20. The van der Waals surface area contributed by atoms with Crippen LogP contribution in [0.25, 0.3) is 0 Å². The van der Waals surface area contributed by atoms with Crippen molar-refractivity contribution in [1.82, 2.24) is 4.90 Å². The Balaban J connectivity index is 1.77. The lowest BCUT2D eigenvalue weighted by Crippen LogP contribution is -2.43. The summed E-state index contributed by atoms with van der Waals surface area (Å²) in [7, 11) is 1.81. The number of benzene rings is 1. The lowest BCUT2D eigenvalue weighted by atomic mass is 9.96. The van der Waals surface area contributed by atoms with E-state index in [2.05, 4.69) is 17.0 Å². The van der Waals surface area contributed by atoms with Crippen LogP contribution in [0, 0.1) is 5.92 Å². The van der Waals surface area contributed by atoms with Crippen LogP contribution in [0.2, 0.25) is 0 Å². The summed E-state index contributed by atoms with van der Waals surface area (Å²) in [6.07, 6.45) is 3.82. The molecule has 3 heteroatoms. The van der Waals surface area contributed by atoms with E-state index in [0.717, 1.165) is 37.7 Å². The highest BCUT2D eigenvalue weighted by atomic mass is 16.5. The fourth-order valence-electron chi connectivity index (χ4n) is 3.14. The first kappa shape index (κ1) is 12.0. The molecule has 1 aliphatic heterocycles. The molecule has 1 unspecified atom stereocenters. The van der Waals surface area contributed by atoms with Gasteiger partial charge in [-0.3, -0.25) is 4.90 Å². The van der Waals surface area contributed by atoms with Gasteiger partial charge in [-0.15, -0.1) is 0 Å². The van der Waals surface area contributed by atoms with Gasteiger partial charge in [0.15, 0.2) is 0 Å². The average molecular weight is 246 g/mol. The summed E-state index contributed by atoms with van der Waals surface area (Å²) in [6, 6.07) is 6.90. The van der Waals surface area contributed by atoms with Crippen LogP contribution in [0.4, 0.5) is 5.69 Å². The minimum absolute atomic E-state index is 0.601. The number of methoxy groups -OCH3 is 1. The highest BCUT2D eigenvalue weighted by Crippen LogP contribution is 2.37. The second-order valence-corrected chi connectivity index (χ2v) is 5.57. The summed E-state index contributed by atoms with van der Waals surface area (Å²) in [6.45, 7) is 3.01. The summed E-state index contributed by atoms with van der Waals surface area (Å²) < 4.78 is 5.40. The molecule has 3 rings (SSSR count). The van der Waals surface area contributed by atoms with Gasteiger partial charge in [0, 0.05) is 31.9 Å². The Kier molecular flexibility index (Phi) is 3.27. The number of hydrogen-bond donors (Lipinski definition) is 1. The monoisotopic (exact) mass is 246 g/mol. The van der Waals surface area contributed by atoms with Crippen LogP contribution in [0.3, 0.4) is 0 Å². The van der Waals surface area contributed by atoms with Gasteiger partial charge in [0.05, 0.1) is 6.61 Å². The maximum Gasteiger partial charge on any atom is 0.0620 e. The third-order valence-electron chi connectivity index (χ3n) is 4.30. The molecular formula is C15H22N2O. The summed E-state index contributed by atoms with van der Waals surface area (Å²) >= 11 is 0. The van der Waals surface area contributed by atoms with Crippen molar-refractivity contribution in [2.24, 2.45) is 5.92 Å². The van der Waals surface area contributed by atoms with Crippen LogP contribution in [0.15, 0.2) is 18.2 Å². The molecule has 0 bridgehead atoms. The van der Waals surface area contributed by atoms with Gasteiger partial charge in [0.25, 0.3) is 0 Å². The number of nitrogen functional groups attached to an aromatic ring is 1. The zero-order valence-corrected chi connectivity index (χ0v) is 11.1. The molecule has 98 valence electrons. The first-order chi connectivity index (χ1) is 8.79. The van der Waals surface area contributed by atoms with Crippen molar-refractivity contribution < 1.29 is 4.74 Å². The molecule has 0 aromatic heterocycles. The summed E-state index contributed by atoms with van der Waals surface area (Å²) in [4.78, 5) is 2.59. The molecule has 1 saturated carbocycles. The fourth-order valence-corrected chi connectivity index (χ4v) is 3.14. The number of anilines is 1. The smallest absolute Gasteiger partial charge is 0.0620 e. The highest BCUT2D eigenvalue weighted by molar-refractivity contribution is 5.51. The Hall–Kier alpha value is -1.06. The summed E-state index contributed by atoms with van der Waals surface area (Å²) in [5.74, 6) is 0.854. The van der Waals surface area contributed by atoms with E-state index in [9.17, 15) is 0 Å². The molecule has 0 saturated heterocycles. The van der Waals surface area contributed by atoms with Crippen molar-refractivity contribution in [3.8, 4) is 0 Å². The van der Waals surface area contributed by atoms with Gasteiger partial charge >= 0.3 is 0 Å². The largest absolute Gasteiger partial charge is 0.398 e. The molecule has 1 aliphatic carbocycles. The first-order valence-electron chi connectivity index (χ1n) is 6.89. The number of hydrogen-bond acceptors (Lipinski definition) is 3. The number of nitrogens with two attached hydrogens (primary N) is 1. The number of ether oxygens (including phenoxy) is 1. The lowest BCUT2D eigenvalue weighted by molar-refractivity contribution is 0.0692. The van der Waals surface area contributed by atoms with E-state index in [1.54, 1.807) is 0 Å². The molecule has 1 heterocycles. The highest BCUT2D eigenvalue weighted by Gasteiger charge is 2.36. The fraction of sp³-hybridized carbons (Fsp3) is 0.600. The van der Waals surface area contributed by atoms with E-state index in [0.29, 0.717) is 6.04 Å². The van der Waals surface area contributed by atoms with Crippen molar-refractivity contribution in [3.63, 3.8) is 0 Å². The third kappa shape index (κ3) is 2.25. The maximum absolute atomic E-state index is 6.05. The van der Waals surface area contributed by atoms with Gasteiger partial charge in [0.1, 0.15) is 0 Å². The van der Waals surface area contributed by atoms with Crippen LogP contribution in [0.1, 0.15) is 24.0 Å². The Bertz CT molecular complexity index is 429. The molecule has 18 heavy (non-hydrogen) atoms. The zero-order valence-electron chi connectivity index (χ0n) is 11.1. The zero-order chi connectivity index (χ0) is 12.5. The Morgan fingerprint density at radius 3 is 3.00 bits per heavy atom.